The molecular weight excluding hydrogens is 489 g/mol. The van der Waals surface area contributed by atoms with Crippen LogP contribution >= 0.6 is 24.0 Å². The molecule has 0 saturated carbocycles. The fourth-order valence-corrected chi connectivity index (χ4v) is 3.71. The summed E-state index contributed by atoms with van der Waals surface area (Å²) < 4.78 is 2.01. The largest absolute Gasteiger partial charge is 0.372 e. The van der Waals surface area contributed by atoms with Crippen LogP contribution in [0.4, 0.5) is 5.69 Å². The first-order valence-corrected chi connectivity index (χ1v) is 10.9. The number of rotatable bonds is 9. The van der Waals surface area contributed by atoms with Gasteiger partial charge in [-0.15, -0.1) is 34.2 Å². The van der Waals surface area contributed by atoms with Gasteiger partial charge in [-0.25, -0.2) is 0 Å². The van der Waals surface area contributed by atoms with E-state index in [1.54, 1.807) is 12.7 Å². The molecule has 0 spiro atoms. The van der Waals surface area contributed by atoms with E-state index in [-0.39, 0.29) is 24.0 Å². The van der Waals surface area contributed by atoms with Gasteiger partial charge in [0.25, 0.3) is 0 Å². The maximum absolute atomic E-state index is 4.80. The number of unbranched alkanes of at least 4 members (excludes halogenated alkanes) is 1. The zero-order valence-electron chi connectivity index (χ0n) is 18.3. The van der Waals surface area contributed by atoms with Gasteiger partial charge in [0.1, 0.15) is 12.7 Å². The number of piperidine rings is 1. The van der Waals surface area contributed by atoms with Gasteiger partial charge in [0, 0.05) is 52.0 Å². The number of benzene rings is 1. The van der Waals surface area contributed by atoms with Crippen molar-refractivity contribution >= 4 is 35.6 Å². The van der Waals surface area contributed by atoms with Crippen LogP contribution in [0.3, 0.4) is 0 Å². The minimum Gasteiger partial charge on any atom is -0.372 e. The molecule has 1 saturated heterocycles. The van der Waals surface area contributed by atoms with Crippen LogP contribution < -0.4 is 10.2 Å². The number of guanidine groups is 1. The Morgan fingerprint density at radius 1 is 1.07 bits per heavy atom. The van der Waals surface area contributed by atoms with Crippen LogP contribution in [0.1, 0.15) is 44.6 Å². The summed E-state index contributed by atoms with van der Waals surface area (Å²) in [5.41, 5.74) is 2.66. The molecule has 2 heterocycles. The first kappa shape index (κ1) is 24.4. The van der Waals surface area contributed by atoms with Gasteiger partial charge >= 0.3 is 0 Å². The second kappa shape index (κ2) is 13.5. The molecule has 1 aromatic carbocycles. The van der Waals surface area contributed by atoms with E-state index in [0.29, 0.717) is 0 Å². The molecular formula is C22H36IN7. The zero-order chi connectivity index (χ0) is 20.3. The molecule has 2 aromatic rings. The number of anilines is 1. The Hall–Kier alpha value is -1.84. The smallest absolute Gasteiger partial charge is 0.193 e. The van der Waals surface area contributed by atoms with Crippen molar-refractivity contribution in [3.63, 3.8) is 0 Å². The summed E-state index contributed by atoms with van der Waals surface area (Å²) in [5, 5.41) is 11.1. The quantitative estimate of drug-likeness (QED) is 0.234. The zero-order valence-corrected chi connectivity index (χ0v) is 20.7. The Morgan fingerprint density at radius 2 is 1.77 bits per heavy atom. The van der Waals surface area contributed by atoms with Gasteiger partial charge in [-0.2, -0.15) is 0 Å². The maximum atomic E-state index is 4.80. The van der Waals surface area contributed by atoms with Crippen molar-refractivity contribution in [1.82, 2.24) is 25.0 Å². The number of hydrogen-bond acceptors (Lipinski definition) is 4. The number of hydrogen-bond donors (Lipinski definition) is 1. The fraction of sp³-hybridized carbons (Fsp3) is 0.591. The van der Waals surface area contributed by atoms with Crippen molar-refractivity contribution in [3.05, 3.63) is 42.5 Å². The lowest BCUT2D eigenvalue weighted by Crippen LogP contribution is -2.38. The predicted molar refractivity (Wildman–Crippen MR) is 135 cm³/mol. The van der Waals surface area contributed by atoms with E-state index in [2.05, 4.69) is 63.6 Å². The number of halogens is 1. The van der Waals surface area contributed by atoms with Crippen LogP contribution in [0.25, 0.3) is 0 Å². The average molecular weight is 525 g/mol. The van der Waals surface area contributed by atoms with Gasteiger partial charge in [-0.05, 0) is 56.7 Å². The fourth-order valence-electron chi connectivity index (χ4n) is 3.71. The summed E-state index contributed by atoms with van der Waals surface area (Å²) in [7, 11) is 2.11. The normalized spacial score (nSPS) is 14.3. The SMILES string of the molecule is CCNC(=NCCCCn1cnnc1)N(C)Cc1ccc(N2CCCCC2)cc1.I. The van der Waals surface area contributed by atoms with E-state index in [1.807, 2.05) is 4.57 Å². The summed E-state index contributed by atoms with van der Waals surface area (Å²) in [6.07, 6.45) is 9.63. The van der Waals surface area contributed by atoms with Crippen molar-refractivity contribution in [3.8, 4) is 0 Å². The Labute approximate surface area is 198 Å². The summed E-state index contributed by atoms with van der Waals surface area (Å²) >= 11 is 0. The second-order valence-corrected chi connectivity index (χ2v) is 7.71. The van der Waals surface area contributed by atoms with E-state index in [1.165, 1.54) is 43.6 Å². The Kier molecular flexibility index (Phi) is 11.0. The molecule has 7 nitrogen and oxygen atoms in total. The molecule has 166 valence electrons. The highest BCUT2D eigenvalue weighted by Crippen LogP contribution is 2.20. The third kappa shape index (κ3) is 7.77. The van der Waals surface area contributed by atoms with Crippen molar-refractivity contribution in [1.29, 1.82) is 0 Å². The van der Waals surface area contributed by atoms with Crippen molar-refractivity contribution in [2.24, 2.45) is 4.99 Å². The maximum Gasteiger partial charge on any atom is 0.193 e. The summed E-state index contributed by atoms with van der Waals surface area (Å²) in [5.74, 6) is 0.969. The molecule has 1 aliphatic rings. The Morgan fingerprint density at radius 3 is 2.43 bits per heavy atom. The number of aliphatic imine (C=N–C) groups is 1. The molecule has 1 N–H and O–H groups in total. The van der Waals surface area contributed by atoms with E-state index in [0.717, 1.165) is 45.0 Å². The third-order valence-electron chi connectivity index (χ3n) is 5.33. The van der Waals surface area contributed by atoms with Gasteiger partial charge < -0.3 is 19.7 Å². The summed E-state index contributed by atoms with van der Waals surface area (Å²) in [6, 6.07) is 9.04. The molecule has 8 heteroatoms. The lowest BCUT2D eigenvalue weighted by Gasteiger charge is -2.29. The number of aryl methyl sites for hydroxylation is 1. The molecule has 1 aromatic heterocycles. The van der Waals surface area contributed by atoms with Crippen LogP contribution in [-0.2, 0) is 13.1 Å². The second-order valence-electron chi connectivity index (χ2n) is 7.71. The topological polar surface area (TPSA) is 61.6 Å². The van der Waals surface area contributed by atoms with Crippen LogP contribution in [0, 0.1) is 0 Å². The molecule has 3 rings (SSSR count). The summed E-state index contributed by atoms with van der Waals surface area (Å²) in [6.45, 7) is 7.98. The molecule has 1 fully saturated rings. The van der Waals surface area contributed by atoms with Crippen LogP contribution in [0.2, 0.25) is 0 Å². The van der Waals surface area contributed by atoms with Gasteiger partial charge in [0.2, 0.25) is 0 Å². The van der Waals surface area contributed by atoms with Gasteiger partial charge in [0.05, 0.1) is 0 Å². The molecule has 0 unspecified atom stereocenters. The predicted octanol–water partition coefficient (Wildman–Crippen LogP) is 3.76. The molecule has 0 atom stereocenters. The average Bonchev–Trinajstić information content (AvgIpc) is 3.27. The minimum atomic E-state index is 0. The van der Waals surface area contributed by atoms with Crippen LogP contribution in [0.15, 0.2) is 41.9 Å². The molecule has 0 aliphatic carbocycles. The minimum absolute atomic E-state index is 0. The van der Waals surface area contributed by atoms with Crippen molar-refractivity contribution < 1.29 is 0 Å². The van der Waals surface area contributed by atoms with E-state index in [9.17, 15) is 0 Å². The molecule has 0 radical (unpaired) electrons. The van der Waals surface area contributed by atoms with Gasteiger partial charge in [0.15, 0.2) is 5.96 Å². The standard InChI is InChI=1S/C22H35N7.HI/c1-3-23-22(24-13-5-8-14-28-18-25-26-19-28)27(2)17-20-9-11-21(12-10-20)29-15-6-4-7-16-29;/h9-12,18-19H,3-8,13-17H2,1-2H3,(H,23,24);1H. The molecule has 30 heavy (non-hydrogen) atoms. The lowest BCUT2D eigenvalue weighted by molar-refractivity contribution is 0.475. The molecule has 0 bridgehead atoms. The van der Waals surface area contributed by atoms with Crippen LogP contribution in [-0.4, -0.2) is 58.9 Å². The molecule has 0 amide bonds. The van der Waals surface area contributed by atoms with Gasteiger partial charge in [-0.1, -0.05) is 12.1 Å². The highest BCUT2D eigenvalue weighted by Gasteiger charge is 2.11. The van der Waals surface area contributed by atoms with Crippen molar-refractivity contribution in [2.75, 3.05) is 38.1 Å². The van der Waals surface area contributed by atoms with E-state index in [4.69, 9.17) is 4.99 Å². The first-order chi connectivity index (χ1) is 14.3. The third-order valence-corrected chi connectivity index (χ3v) is 5.33. The summed E-state index contributed by atoms with van der Waals surface area (Å²) in [4.78, 5) is 9.51. The van der Waals surface area contributed by atoms with Crippen molar-refractivity contribution in [2.45, 2.75) is 52.1 Å². The van der Waals surface area contributed by atoms with E-state index >= 15 is 0 Å². The highest BCUT2D eigenvalue weighted by atomic mass is 127. The Bertz CT molecular complexity index is 724. The molecule has 1 aliphatic heterocycles. The van der Waals surface area contributed by atoms with E-state index < -0.39 is 0 Å². The van der Waals surface area contributed by atoms with Crippen LogP contribution in [0.5, 0.6) is 0 Å². The monoisotopic (exact) mass is 525 g/mol. The van der Waals surface area contributed by atoms with Gasteiger partial charge in [-0.3, -0.25) is 4.99 Å². The number of nitrogens with one attached hydrogen (secondary N) is 1. The Balaban J connectivity index is 0.00000320. The highest BCUT2D eigenvalue weighted by molar-refractivity contribution is 14.0. The lowest BCUT2D eigenvalue weighted by atomic mass is 10.1. The first-order valence-electron chi connectivity index (χ1n) is 10.9. The number of aromatic nitrogens is 3. The number of nitrogens with zero attached hydrogens (tertiary/aromatic N) is 6.